The summed E-state index contributed by atoms with van der Waals surface area (Å²) in [6, 6.07) is 5.60. The maximum Gasteiger partial charge on any atom is 0.231 e. The molecule has 100 valence electrons. The van der Waals surface area contributed by atoms with E-state index < -0.39 is 0 Å². The van der Waals surface area contributed by atoms with Gasteiger partial charge in [0.25, 0.3) is 0 Å². The summed E-state index contributed by atoms with van der Waals surface area (Å²) in [6.07, 6.45) is 0. The monoisotopic (exact) mass is 341 g/mol. The van der Waals surface area contributed by atoms with Gasteiger partial charge in [0.15, 0.2) is 0 Å². The lowest BCUT2D eigenvalue weighted by molar-refractivity contribution is 0.340. The summed E-state index contributed by atoms with van der Waals surface area (Å²) in [5.74, 6) is 2.13. The SMILES string of the molecule is C[C@@H]1CNC[C@H]1c1nc(-c2ccc(Cl)c(Br)c2)no1. The zero-order chi connectivity index (χ0) is 13.4. The molecule has 1 N–H and O–H groups in total. The van der Waals surface area contributed by atoms with Gasteiger partial charge >= 0.3 is 0 Å². The van der Waals surface area contributed by atoms with E-state index in [1.807, 2.05) is 18.2 Å². The Bertz CT molecular complexity index is 601. The van der Waals surface area contributed by atoms with Crippen LogP contribution in [-0.2, 0) is 0 Å². The van der Waals surface area contributed by atoms with Crippen LogP contribution in [0.4, 0.5) is 0 Å². The molecule has 2 aromatic rings. The molecule has 0 aliphatic carbocycles. The molecule has 1 aromatic carbocycles. The van der Waals surface area contributed by atoms with Crippen LogP contribution in [0.15, 0.2) is 27.2 Å². The summed E-state index contributed by atoms with van der Waals surface area (Å²) in [7, 11) is 0. The zero-order valence-corrected chi connectivity index (χ0v) is 12.7. The van der Waals surface area contributed by atoms with Gasteiger partial charge in [0.2, 0.25) is 11.7 Å². The Morgan fingerprint density at radius 2 is 2.26 bits per heavy atom. The second-order valence-corrected chi connectivity index (χ2v) is 6.09. The summed E-state index contributed by atoms with van der Waals surface area (Å²) >= 11 is 9.37. The predicted molar refractivity (Wildman–Crippen MR) is 77.2 cm³/mol. The molecule has 0 unspecified atom stereocenters. The van der Waals surface area contributed by atoms with E-state index in [2.05, 4.69) is 38.3 Å². The van der Waals surface area contributed by atoms with Gasteiger partial charge < -0.3 is 9.84 Å². The van der Waals surface area contributed by atoms with E-state index in [0.29, 0.717) is 28.6 Å². The molecule has 1 saturated heterocycles. The number of halogens is 2. The van der Waals surface area contributed by atoms with Crippen molar-refractivity contribution in [2.24, 2.45) is 5.92 Å². The maximum atomic E-state index is 5.98. The standard InChI is InChI=1S/C13H13BrClN3O/c1-7-5-16-6-9(7)13-17-12(18-19-13)8-2-3-11(15)10(14)4-8/h2-4,7,9,16H,5-6H2,1H3/t7-,9-/m1/s1. The third-order valence-electron chi connectivity index (χ3n) is 3.45. The lowest BCUT2D eigenvalue weighted by atomic mass is 9.98. The highest BCUT2D eigenvalue weighted by Crippen LogP contribution is 2.30. The van der Waals surface area contributed by atoms with E-state index >= 15 is 0 Å². The van der Waals surface area contributed by atoms with Crippen molar-refractivity contribution < 1.29 is 4.52 Å². The van der Waals surface area contributed by atoms with Crippen molar-refractivity contribution in [2.75, 3.05) is 13.1 Å². The summed E-state index contributed by atoms with van der Waals surface area (Å²) in [6.45, 7) is 4.08. The van der Waals surface area contributed by atoms with E-state index in [1.54, 1.807) is 0 Å². The van der Waals surface area contributed by atoms with Gasteiger partial charge in [-0.2, -0.15) is 4.98 Å². The third-order valence-corrected chi connectivity index (χ3v) is 4.67. The molecule has 4 nitrogen and oxygen atoms in total. The third kappa shape index (κ3) is 2.55. The molecule has 0 bridgehead atoms. The van der Waals surface area contributed by atoms with Crippen molar-refractivity contribution in [2.45, 2.75) is 12.8 Å². The van der Waals surface area contributed by atoms with Crippen LogP contribution in [0.25, 0.3) is 11.4 Å². The largest absolute Gasteiger partial charge is 0.339 e. The van der Waals surface area contributed by atoms with E-state index in [-0.39, 0.29) is 0 Å². The van der Waals surface area contributed by atoms with Crippen molar-refractivity contribution in [1.29, 1.82) is 0 Å². The van der Waals surface area contributed by atoms with Crippen LogP contribution in [-0.4, -0.2) is 23.2 Å². The number of hydrogen-bond donors (Lipinski definition) is 1. The molecule has 19 heavy (non-hydrogen) atoms. The number of rotatable bonds is 2. The maximum absolute atomic E-state index is 5.98. The van der Waals surface area contributed by atoms with Gasteiger partial charge in [0, 0.05) is 16.6 Å². The molecular formula is C13H13BrClN3O. The van der Waals surface area contributed by atoms with Gasteiger partial charge in [0.05, 0.1) is 10.9 Å². The fraction of sp³-hybridized carbons (Fsp3) is 0.385. The van der Waals surface area contributed by atoms with Gasteiger partial charge in [-0.05, 0) is 46.6 Å². The second kappa shape index (κ2) is 5.23. The molecule has 1 aromatic heterocycles. The lowest BCUT2D eigenvalue weighted by Gasteiger charge is -2.07. The van der Waals surface area contributed by atoms with Gasteiger partial charge in [-0.3, -0.25) is 0 Å². The molecular weight excluding hydrogens is 330 g/mol. The van der Waals surface area contributed by atoms with Crippen LogP contribution in [0.3, 0.4) is 0 Å². The van der Waals surface area contributed by atoms with Crippen LogP contribution in [0.5, 0.6) is 0 Å². The van der Waals surface area contributed by atoms with Crippen molar-refractivity contribution in [3.63, 3.8) is 0 Å². The van der Waals surface area contributed by atoms with Crippen LogP contribution in [0, 0.1) is 5.92 Å². The number of hydrogen-bond acceptors (Lipinski definition) is 4. The molecule has 0 radical (unpaired) electrons. The lowest BCUT2D eigenvalue weighted by Crippen LogP contribution is -2.08. The predicted octanol–water partition coefficient (Wildman–Crippen LogP) is 3.48. The highest BCUT2D eigenvalue weighted by molar-refractivity contribution is 9.10. The number of aromatic nitrogens is 2. The molecule has 0 spiro atoms. The Kier molecular flexibility index (Phi) is 3.60. The van der Waals surface area contributed by atoms with Crippen LogP contribution < -0.4 is 5.32 Å². The van der Waals surface area contributed by atoms with Gasteiger partial charge in [0.1, 0.15) is 0 Å². The molecule has 1 aliphatic rings. The molecule has 2 atom stereocenters. The van der Waals surface area contributed by atoms with E-state index in [9.17, 15) is 0 Å². The van der Waals surface area contributed by atoms with Crippen molar-refractivity contribution in [3.05, 3.63) is 33.6 Å². The van der Waals surface area contributed by atoms with Gasteiger partial charge in [-0.25, -0.2) is 0 Å². The second-order valence-electron chi connectivity index (χ2n) is 4.83. The smallest absolute Gasteiger partial charge is 0.231 e. The van der Waals surface area contributed by atoms with Gasteiger partial charge in [-0.15, -0.1) is 0 Å². The number of nitrogens with zero attached hydrogens (tertiary/aromatic N) is 2. The zero-order valence-electron chi connectivity index (χ0n) is 10.4. The average molecular weight is 343 g/mol. The molecule has 3 rings (SSSR count). The molecule has 1 aliphatic heterocycles. The summed E-state index contributed by atoms with van der Waals surface area (Å²) in [4.78, 5) is 4.50. The van der Waals surface area contributed by atoms with E-state index in [0.717, 1.165) is 23.1 Å². The number of nitrogens with one attached hydrogen (secondary N) is 1. The first kappa shape index (κ1) is 13.1. The molecule has 0 saturated carbocycles. The molecule has 0 amide bonds. The topological polar surface area (TPSA) is 51.0 Å². The Balaban J connectivity index is 1.90. The molecule has 1 fully saturated rings. The van der Waals surface area contributed by atoms with E-state index in [4.69, 9.17) is 16.1 Å². The normalized spacial score (nSPS) is 22.9. The average Bonchev–Trinajstić information content (AvgIpc) is 3.01. The summed E-state index contributed by atoms with van der Waals surface area (Å²) in [5, 5.41) is 8.06. The highest BCUT2D eigenvalue weighted by atomic mass is 79.9. The first-order valence-corrected chi connectivity index (χ1v) is 7.32. The van der Waals surface area contributed by atoms with Crippen LogP contribution in [0.1, 0.15) is 18.7 Å². The minimum absolute atomic E-state index is 0.303. The first-order valence-electron chi connectivity index (χ1n) is 6.15. The summed E-state index contributed by atoms with van der Waals surface area (Å²) < 4.78 is 6.22. The highest BCUT2D eigenvalue weighted by Gasteiger charge is 2.29. The minimum atomic E-state index is 0.303. The van der Waals surface area contributed by atoms with Crippen molar-refractivity contribution in [1.82, 2.24) is 15.5 Å². The van der Waals surface area contributed by atoms with E-state index in [1.165, 1.54) is 0 Å². The van der Waals surface area contributed by atoms with Crippen LogP contribution in [0.2, 0.25) is 5.02 Å². The Labute approximate surface area is 124 Å². The van der Waals surface area contributed by atoms with Crippen molar-refractivity contribution in [3.8, 4) is 11.4 Å². The fourth-order valence-electron chi connectivity index (χ4n) is 2.28. The van der Waals surface area contributed by atoms with Gasteiger partial charge in [-0.1, -0.05) is 23.7 Å². The molecule has 6 heteroatoms. The Morgan fingerprint density at radius 3 is 2.95 bits per heavy atom. The fourth-order valence-corrected chi connectivity index (χ4v) is 2.78. The minimum Gasteiger partial charge on any atom is -0.339 e. The Hall–Kier alpha value is -0.910. The Morgan fingerprint density at radius 1 is 1.42 bits per heavy atom. The first-order chi connectivity index (χ1) is 9.15. The van der Waals surface area contributed by atoms with Crippen molar-refractivity contribution >= 4 is 27.5 Å². The quantitative estimate of drug-likeness (QED) is 0.908. The molecule has 2 heterocycles. The van der Waals surface area contributed by atoms with Crippen LogP contribution >= 0.6 is 27.5 Å². The number of benzene rings is 1. The summed E-state index contributed by atoms with van der Waals surface area (Å²) in [5.41, 5.74) is 0.893.